The molecule has 0 bridgehead atoms. The molecule has 2 saturated heterocycles. The number of nitrogens with zero attached hydrogens (tertiary/aromatic N) is 2. The van der Waals surface area contributed by atoms with E-state index in [1.54, 1.807) is 30.3 Å². The van der Waals surface area contributed by atoms with Crippen LogP contribution in [0.15, 0.2) is 57.9 Å². The predicted octanol–water partition coefficient (Wildman–Crippen LogP) is 3.80. The summed E-state index contributed by atoms with van der Waals surface area (Å²) in [5.41, 5.74) is 1.24. The molecule has 8 nitrogen and oxygen atoms in total. The van der Waals surface area contributed by atoms with Gasteiger partial charge in [0.15, 0.2) is 0 Å². The van der Waals surface area contributed by atoms with Crippen molar-refractivity contribution < 1.29 is 21.6 Å². The number of anilines is 1. The van der Waals surface area contributed by atoms with Crippen molar-refractivity contribution in [3.8, 4) is 0 Å². The van der Waals surface area contributed by atoms with Crippen molar-refractivity contribution in [1.82, 2.24) is 8.61 Å². The van der Waals surface area contributed by atoms with Crippen LogP contribution in [0.1, 0.15) is 37.7 Å². The summed E-state index contributed by atoms with van der Waals surface area (Å²) in [7, 11) is -6.99. The van der Waals surface area contributed by atoms with Gasteiger partial charge in [0.2, 0.25) is 26.0 Å². The van der Waals surface area contributed by atoms with E-state index in [0.717, 1.165) is 23.7 Å². The number of rotatable bonds is 7. The van der Waals surface area contributed by atoms with Gasteiger partial charge in [-0.25, -0.2) is 21.1 Å². The van der Waals surface area contributed by atoms with E-state index in [1.165, 1.54) is 20.7 Å². The Morgan fingerprint density at radius 1 is 0.886 bits per heavy atom. The van der Waals surface area contributed by atoms with Gasteiger partial charge < -0.3 is 5.32 Å². The van der Waals surface area contributed by atoms with E-state index < -0.39 is 20.0 Å². The third kappa shape index (κ3) is 6.51. The second-order valence-electron chi connectivity index (χ2n) is 9.04. The number of nitrogens with one attached hydrogen (secondary N) is 1. The highest BCUT2D eigenvalue weighted by Crippen LogP contribution is 2.25. The zero-order chi connectivity index (χ0) is 25.1. The second kappa shape index (κ2) is 11.1. The number of hydrogen-bond acceptors (Lipinski definition) is 5. The fourth-order valence-corrected chi connectivity index (χ4v) is 8.05. The van der Waals surface area contributed by atoms with E-state index >= 15 is 0 Å². The van der Waals surface area contributed by atoms with Crippen molar-refractivity contribution in [3.05, 3.63) is 58.6 Å². The van der Waals surface area contributed by atoms with Crippen LogP contribution in [0.4, 0.5) is 5.69 Å². The normalized spacial score (nSPS) is 18.9. The highest BCUT2D eigenvalue weighted by Gasteiger charge is 2.31. The average Bonchev–Trinajstić information content (AvgIpc) is 2.85. The molecule has 2 fully saturated rings. The maximum atomic E-state index is 12.8. The summed E-state index contributed by atoms with van der Waals surface area (Å²) in [5, 5.41) is 2.85. The Morgan fingerprint density at radius 3 is 2.17 bits per heavy atom. The topological polar surface area (TPSA) is 104 Å². The highest BCUT2D eigenvalue weighted by molar-refractivity contribution is 9.10. The lowest BCUT2D eigenvalue weighted by molar-refractivity contribution is -0.120. The maximum absolute atomic E-state index is 12.8. The molecule has 0 aliphatic carbocycles. The van der Waals surface area contributed by atoms with E-state index in [0.29, 0.717) is 50.3 Å². The first-order chi connectivity index (χ1) is 16.6. The van der Waals surface area contributed by atoms with Gasteiger partial charge >= 0.3 is 0 Å². The predicted molar refractivity (Wildman–Crippen MR) is 139 cm³/mol. The molecular formula is C24H30BrN3O5S2. The smallest absolute Gasteiger partial charge is 0.243 e. The van der Waals surface area contributed by atoms with Crippen molar-refractivity contribution in [2.24, 2.45) is 5.92 Å². The molecule has 0 atom stereocenters. The molecule has 2 aromatic rings. The van der Waals surface area contributed by atoms with Crippen LogP contribution in [-0.4, -0.2) is 57.5 Å². The molecule has 0 unspecified atom stereocenters. The lowest BCUT2D eigenvalue weighted by Gasteiger charge is -2.30. The number of hydrogen-bond donors (Lipinski definition) is 1. The Kier molecular flexibility index (Phi) is 8.32. The summed E-state index contributed by atoms with van der Waals surface area (Å²) in [4.78, 5) is 13.0. The summed E-state index contributed by atoms with van der Waals surface area (Å²) < 4.78 is 55.0. The van der Waals surface area contributed by atoms with Crippen molar-refractivity contribution in [2.45, 2.75) is 42.8 Å². The highest BCUT2D eigenvalue weighted by atomic mass is 79.9. The number of carbonyl (C=O) groups excluding carboxylic acids is 1. The SMILES string of the molecule is O=C(Nc1ccc(S(=O)(=O)N2CCCCC2)cc1)C1CCN(S(=O)(=O)Cc2cccc(Br)c2)CC1. The van der Waals surface area contributed by atoms with Gasteiger partial charge in [0.05, 0.1) is 10.6 Å². The fraction of sp³-hybridized carbons (Fsp3) is 0.458. The Labute approximate surface area is 215 Å². The summed E-state index contributed by atoms with van der Waals surface area (Å²) >= 11 is 3.36. The summed E-state index contributed by atoms with van der Waals surface area (Å²) in [6, 6.07) is 13.5. The van der Waals surface area contributed by atoms with Crippen LogP contribution >= 0.6 is 15.9 Å². The molecule has 2 heterocycles. The molecule has 0 radical (unpaired) electrons. The molecule has 2 aliphatic rings. The van der Waals surface area contributed by atoms with Crippen LogP contribution < -0.4 is 5.32 Å². The molecule has 190 valence electrons. The first-order valence-corrected chi connectivity index (χ1v) is 15.6. The summed E-state index contributed by atoms with van der Waals surface area (Å²) in [5.74, 6) is -0.555. The van der Waals surface area contributed by atoms with Crippen molar-refractivity contribution >= 4 is 47.6 Å². The second-order valence-corrected chi connectivity index (χ2v) is 13.9. The van der Waals surface area contributed by atoms with Crippen molar-refractivity contribution in [2.75, 3.05) is 31.5 Å². The van der Waals surface area contributed by atoms with Gasteiger partial charge in [-0.1, -0.05) is 34.5 Å². The number of amides is 1. The lowest BCUT2D eigenvalue weighted by Crippen LogP contribution is -2.41. The monoisotopic (exact) mass is 583 g/mol. The largest absolute Gasteiger partial charge is 0.326 e. The van der Waals surface area contributed by atoms with Crippen LogP contribution in [0, 0.1) is 5.92 Å². The van der Waals surface area contributed by atoms with Gasteiger partial charge in [-0.3, -0.25) is 4.79 Å². The number of piperidine rings is 2. The molecule has 2 aliphatic heterocycles. The minimum absolute atomic E-state index is 0.0734. The van der Waals surface area contributed by atoms with Crippen LogP contribution in [-0.2, 0) is 30.6 Å². The Hall–Kier alpha value is -1.79. The number of sulfonamides is 2. The van der Waals surface area contributed by atoms with Crippen LogP contribution in [0.3, 0.4) is 0 Å². The van der Waals surface area contributed by atoms with Crippen LogP contribution in [0.5, 0.6) is 0 Å². The van der Waals surface area contributed by atoms with Gasteiger partial charge in [-0.05, 0) is 67.6 Å². The zero-order valence-electron chi connectivity index (χ0n) is 19.4. The molecular weight excluding hydrogens is 554 g/mol. The summed E-state index contributed by atoms with van der Waals surface area (Å²) in [6.45, 7) is 1.67. The van der Waals surface area contributed by atoms with Crippen molar-refractivity contribution in [1.29, 1.82) is 0 Å². The quantitative estimate of drug-likeness (QED) is 0.534. The molecule has 0 saturated carbocycles. The molecule has 0 spiro atoms. The lowest BCUT2D eigenvalue weighted by atomic mass is 9.97. The minimum Gasteiger partial charge on any atom is -0.326 e. The van der Waals surface area contributed by atoms with Crippen LogP contribution in [0.2, 0.25) is 0 Å². The van der Waals surface area contributed by atoms with Gasteiger partial charge in [0, 0.05) is 42.3 Å². The average molecular weight is 585 g/mol. The summed E-state index contributed by atoms with van der Waals surface area (Å²) in [6.07, 6.45) is 3.66. The fourth-order valence-electron chi connectivity index (χ4n) is 4.53. The molecule has 4 rings (SSSR count). The molecule has 1 N–H and O–H groups in total. The zero-order valence-corrected chi connectivity index (χ0v) is 22.6. The van der Waals surface area contributed by atoms with Crippen LogP contribution in [0.25, 0.3) is 0 Å². The number of carbonyl (C=O) groups is 1. The molecule has 2 aromatic carbocycles. The molecule has 35 heavy (non-hydrogen) atoms. The standard InChI is InChI=1S/C24H30BrN3O5S2/c25-21-6-4-5-19(17-21)18-34(30,31)27-15-11-20(12-16-27)24(29)26-22-7-9-23(10-8-22)35(32,33)28-13-2-1-3-14-28/h4-10,17,20H,1-3,11-16,18H2,(H,26,29). The third-order valence-electron chi connectivity index (χ3n) is 6.53. The van der Waals surface area contributed by atoms with Gasteiger partial charge in [-0.15, -0.1) is 0 Å². The van der Waals surface area contributed by atoms with Crippen molar-refractivity contribution in [3.63, 3.8) is 0 Å². The van der Waals surface area contributed by atoms with E-state index in [4.69, 9.17) is 0 Å². The van der Waals surface area contributed by atoms with E-state index in [2.05, 4.69) is 21.2 Å². The first kappa shape index (κ1) is 26.3. The molecule has 11 heteroatoms. The minimum atomic E-state index is -3.52. The molecule has 1 amide bonds. The number of benzene rings is 2. The maximum Gasteiger partial charge on any atom is 0.243 e. The van der Waals surface area contributed by atoms with E-state index in [-0.39, 0.29) is 22.5 Å². The third-order valence-corrected chi connectivity index (χ3v) is 10.8. The Morgan fingerprint density at radius 2 is 1.54 bits per heavy atom. The van der Waals surface area contributed by atoms with Gasteiger partial charge in [-0.2, -0.15) is 4.31 Å². The first-order valence-electron chi connectivity index (χ1n) is 11.8. The van der Waals surface area contributed by atoms with E-state index in [9.17, 15) is 21.6 Å². The Bertz CT molecular complexity index is 1250. The van der Waals surface area contributed by atoms with Gasteiger partial charge in [0.25, 0.3) is 0 Å². The van der Waals surface area contributed by atoms with E-state index in [1.807, 2.05) is 6.07 Å². The Balaban J connectivity index is 1.31. The number of halogens is 1. The molecule has 0 aromatic heterocycles. The van der Waals surface area contributed by atoms with Gasteiger partial charge in [0.1, 0.15) is 0 Å².